The Bertz CT molecular complexity index is 3270. The SMILES string of the molecule is c1cc(-c2ccc(-c3nc(-c4ccc5ccccc5c4)c4ccccc4n3)cc2)cc(-c2nc3ccccc3c3c4ccccc4c4ccccc4c23)c1. The van der Waals surface area contributed by atoms with E-state index in [2.05, 4.69) is 182 Å². The van der Waals surface area contributed by atoms with Crippen molar-refractivity contribution in [3.8, 4) is 45.0 Å². The molecule has 0 bridgehead atoms. The third-order valence-corrected chi connectivity index (χ3v) is 10.8. The summed E-state index contributed by atoms with van der Waals surface area (Å²) in [7, 11) is 0. The molecule has 2 aromatic heterocycles. The molecule has 54 heavy (non-hydrogen) atoms. The van der Waals surface area contributed by atoms with Crippen LogP contribution < -0.4 is 0 Å². The fraction of sp³-hybridized carbons (Fsp3) is 0. The summed E-state index contributed by atoms with van der Waals surface area (Å²) in [5.74, 6) is 0.711. The molecule has 11 aromatic rings. The molecule has 250 valence electrons. The molecule has 0 saturated heterocycles. The quantitative estimate of drug-likeness (QED) is 0.173. The lowest BCUT2D eigenvalue weighted by atomic mass is 9.89. The number of fused-ring (bicyclic) bond motifs is 10. The van der Waals surface area contributed by atoms with Gasteiger partial charge in [0.25, 0.3) is 0 Å². The van der Waals surface area contributed by atoms with Gasteiger partial charge in [-0.3, -0.25) is 0 Å². The number of pyridine rings is 1. The lowest BCUT2D eigenvalue weighted by molar-refractivity contribution is 1.23. The Morgan fingerprint density at radius 1 is 0.259 bits per heavy atom. The minimum Gasteiger partial charge on any atom is -0.247 e. The molecule has 0 amide bonds. The smallest absolute Gasteiger partial charge is 0.160 e. The molecular formula is C51H31N3. The number of benzene rings is 9. The van der Waals surface area contributed by atoms with Crippen molar-refractivity contribution >= 4 is 64.9 Å². The molecule has 11 rings (SSSR count). The first-order valence-corrected chi connectivity index (χ1v) is 18.4. The van der Waals surface area contributed by atoms with Gasteiger partial charge in [0.05, 0.1) is 22.4 Å². The molecule has 0 N–H and O–H groups in total. The van der Waals surface area contributed by atoms with Gasteiger partial charge in [-0.25, -0.2) is 15.0 Å². The number of para-hydroxylation sites is 2. The van der Waals surface area contributed by atoms with Crippen LogP contribution in [0.2, 0.25) is 0 Å². The summed E-state index contributed by atoms with van der Waals surface area (Å²) >= 11 is 0. The van der Waals surface area contributed by atoms with E-state index in [0.717, 1.165) is 55.6 Å². The maximum atomic E-state index is 5.38. The summed E-state index contributed by atoms with van der Waals surface area (Å²) < 4.78 is 0. The Balaban J connectivity index is 1.04. The zero-order chi connectivity index (χ0) is 35.6. The molecule has 0 unspecified atom stereocenters. The topological polar surface area (TPSA) is 38.7 Å². The van der Waals surface area contributed by atoms with Gasteiger partial charge < -0.3 is 0 Å². The maximum Gasteiger partial charge on any atom is 0.160 e. The molecule has 3 nitrogen and oxygen atoms in total. The van der Waals surface area contributed by atoms with E-state index in [0.29, 0.717) is 5.82 Å². The van der Waals surface area contributed by atoms with Crippen molar-refractivity contribution in [2.75, 3.05) is 0 Å². The van der Waals surface area contributed by atoms with E-state index >= 15 is 0 Å². The summed E-state index contributed by atoms with van der Waals surface area (Å²) in [5.41, 5.74) is 9.25. The second kappa shape index (κ2) is 12.2. The second-order valence-electron chi connectivity index (χ2n) is 14.0. The molecule has 0 aliphatic heterocycles. The highest BCUT2D eigenvalue weighted by atomic mass is 14.9. The van der Waals surface area contributed by atoms with Crippen LogP contribution in [-0.4, -0.2) is 15.0 Å². The largest absolute Gasteiger partial charge is 0.247 e. The minimum absolute atomic E-state index is 0.711. The van der Waals surface area contributed by atoms with Crippen molar-refractivity contribution in [1.29, 1.82) is 0 Å². The van der Waals surface area contributed by atoms with Crippen molar-refractivity contribution in [3.05, 3.63) is 188 Å². The lowest BCUT2D eigenvalue weighted by Crippen LogP contribution is -1.95. The van der Waals surface area contributed by atoms with Gasteiger partial charge >= 0.3 is 0 Å². The summed E-state index contributed by atoms with van der Waals surface area (Å²) in [6.45, 7) is 0. The highest BCUT2D eigenvalue weighted by molar-refractivity contribution is 6.33. The Morgan fingerprint density at radius 2 is 0.796 bits per heavy atom. The number of rotatable bonds is 4. The molecule has 2 heterocycles. The summed E-state index contributed by atoms with van der Waals surface area (Å²) in [5, 5.41) is 12.0. The van der Waals surface area contributed by atoms with E-state index in [1.807, 2.05) is 6.07 Å². The van der Waals surface area contributed by atoms with Gasteiger partial charge in [-0.05, 0) is 67.7 Å². The third-order valence-electron chi connectivity index (χ3n) is 10.8. The molecule has 0 atom stereocenters. The first kappa shape index (κ1) is 30.4. The van der Waals surface area contributed by atoms with Crippen LogP contribution in [0.5, 0.6) is 0 Å². The van der Waals surface area contributed by atoms with Gasteiger partial charge in [-0.1, -0.05) is 164 Å². The standard InChI is InChI=1S/C51H31N3/c1-2-13-35-31-38(29-26-32(35)12-1)49-44-21-8-10-23-46(44)53-51(54-49)34-27-24-33(25-28-34)36-14-11-15-37(30-36)50-48-42-19-6-4-17-40(42)39-16-3-5-18-41(39)47(48)43-20-7-9-22-45(43)52-50/h1-31H. The molecule has 0 fully saturated rings. The van der Waals surface area contributed by atoms with Crippen LogP contribution in [0.4, 0.5) is 0 Å². The average Bonchev–Trinajstić information content (AvgIpc) is 3.25. The number of aromatic nitrogens is 3. The van der Waals surface area contributed by atoms with Crippen LogP contribution in [0.1, 0.15) is 0 Å². The fourth-order valence-electron chi connectivity index (χ4n) is 8.25. The molecule has 0 saturated carbocycles. The first-order valence-electron chi connectivity index (χ1n) is 18.4. The third kappa shape index (κ3) is 4.87. The van der Waals surface area contributed by atoms with Gasteiger partial charge in [0.2, 0.25) is 0 Å². The average molecular weight is 686 g/mol. The first-order chi connectivity index (χ1) is 26.8. The molecule has 3 heteroatoms. The fourth-order valence-corrected chi connectivity index (χ4v) is 8.25. The molecule has 9 aromatic carbocycles. The predicted octanol–water partition coefficient (Wildman–Crippen LogP) is 13.5. The lowest BCUT2D eigenvalue weighted by Gasteiger charge is -2.16. The van der Waals surface area contributed by atoms with Gasteiger partial charge in [0, 0.05) is 38.2 Å². The second-order valence-corrected chi connectivity index (χ2v) is 14.0. The van der Waals surface area contributed by atoms with Crippen LogP contribution in [0.3, 0.4) is 0 Å². The van der Waals surface area contributed by atoms with Crippen molar-refractivity contribution < 1.29 is 0 Å². The monoisotopic (exact) mass is 685 g/mol. The van der Waals surface area contributed by atoms with E-state index in [1.54, 1.807) is 0 Å². The minimum atomic E-state index is 0.711. The zero-order valence-electron chi connectivity index (χ0n) is 29.2. The molecule has 0 spiro atoms. The summed E-state index contributed by atoms with van der Waals surface area (Å²) in [6, 6.07) is 66.8. The molecule has 0 radical (unpaired) electrons. The van der Waals surface area contributed by atoms with E-state index in [4.69, 9.17) is 15.0 Å². The Labute approximate surface area is 311 Å². The summed E-state index contributed by atoms with van der Waals surface area (Å²) in [6.07, 6.45) is 0. The van der Waals surface area contributed by atoms with E-state index in [-0.39, 0.29) is 0 Å². The molecule has 0 aliphatic carbocycles. The van der Waals surface area contributed by atoms with Crippen LogP contribution in [0.15, 0.2) is 188 Å². The van der Waals surface area contributed by atoms with Crippen LogP contribution in [-0.2, 0) is 0 Å². The van der Waals surface area contributed by atoms with E-state index < -0.39 is 0 Å². The van der Waals surface area contributed by atoms with Gasteiger partial charge in [0.15, 0.2) is 5.82 Å². The number of hydrogen-bond acceptors (Lipinski definition) is 3. The Morgan fingerprint density at radius 3 is 1.56 bits per heavy atom. The van der Waals surface area contributed by atoms with Crippen LogP contribution >= 0.6 is 0 Å². The van der Waals surface area contributed by atoms with Gasteiger partial charge in [-0.2, -0.15) is 0 Å². The Kier molecular flexibility index (Phi) is 6.86. The highest BCUT2D eigenvalue weighted by Crippen LogP contribution is 2.43. The van der Waals surface area contributed by atoms with Gasteiger partial charge in [-0.15, -0.1) is 0 Å². The Hall–Kier alpha value is -7.23. The normalized spacial score (nSPS) is 11.7. The van der Waals surface area contributed by atoms with Crippen LogP contribution in [0.25, 0.3) is 110 Å². The molecule has 0 aliphatic rings. The van der Waals surface area contributed by atoms with Crippen molar-refractivity contribution in [2.45, 2.75) is 0 Å². The van der Waals surface area contributed by atoms with Crippen molar-refractivity contribution in [1.82, 2.24) is 15.0 Å². The van der Waals surface area contributed by atoms with E-state index in [1.165, 1.54) is 48.5 Å². The predicted molar refractivity (Wildman–Crippen MR) is 227 cm³/mol. The zero-order valence-corrected chi connectivity index (χ0v) is 29.2. The van der Waals surface area contributed by atoms with Crippen molar-refractivity contribution in [2.24, 2.45) is 0 Å². The number of hydrogen-bond donors (Lipinski definition) is 0. The summed E-state index contributed by atoms with van der Waals surface area (Å²) in [4.78, 5) is 15.6. The highest BCUT2D eigenvalue weighted by Gasteiger charge is 2.18. The van der Waals surface area contributed by atoms with Gasteiger partial charge in [0.1, 0.15) is 0 Å². The number of nitrogens with zero attached hydrogens (tertiary/aromatic N) is 3. The van der Waals surface area contributed by atoms with Crippen LogP contribution in [0, 0.1) is 0 Å². The maximum absolute atomic E-state index is 5.38. The van der Waals surface area contributed by atoms with E-state index in [9.17, 15) is 0 Å². The molecular weight excluding hydrogens is 655 g/mol. The van der Waals surface area contributed by atoms with Crippen molar-refractivity contribution in [3.63, 3.8) is 0 Å².